The second kappa shape index (κ2) is 9.02. The molecular formula is C21H23N6O2Tl. The van der Waals surface area contributed by atoms with Gasteiger partial charge in [-0.3, -0.25) is 4.40 Å². The van der Waals surface area contributed by atoms with Gasteiger partial charge < -0.3 is 4.74 Å². The molecule has 9 heteroatoms. The summed E-state index contributed by atoms with van der Waals surface area (Å²) in [6.45, 7) is 4.35. The number of aryl methyl sites for hydroxylation is 1. The average molecular weight is 596 g/mol. The van der Waals surface area contributed by atoms with Gasteiger partial charge in [-0.25, -0.2) is 4.98 Å². The third kappa shape index (κ3) is 4.28. The number of aromatic nitrogens is 2. The zero-order chi connectivity index (χ0) is 21.1. The van der Waals surface area contributed by atoms with Gasteiger partial charge in [0.15, 0.2) is 0 Å². The van der Waals surface area contributed by atoms with Crippen LogP contribution in [0.2, 0.25) is 0 Å². The van der Waals surface area contributed by atoms with Gasteiger partial charge in [0.2, 0.25) is 0 Å². The Morgan fingerprint density at radius 3 is 2.70 bits per heavy atom. The van der Waals surface area contributed by atoms with Gasteiger partial charge in [0.1, 0.15) is 11.4 Å². The van der Waals surface area contributed by atoms with Gasteiger partial charge in [-0.15, -0.1) is 0 Å². The van der Waals surface area contributed by atoms with Crippen LogP contribution in [0.5, 0.6) is 5.75 Å². The zero-order valence-corrected chi connectivity index (χ0v) is 21.6. The molecule has 0 atom stereocenters. The van der Waals surface area contributed by atoms with E-state index in [0.717, 1.165) is 61.8 Å². The van der Waals surface area contributed by atoms with Crippen molar-refractivity contribution in [2.24, 2.45) is 5.10 Å². The standard InChI is InChI=1S/C21H24N6O2.Tl/c1-3-18-20(26-10-8-17(29-2)12-19(26)25-18)21(28)23-13-15-4-6-16(7-5-15)27-11-9-22-14-24-27;/h4-8,10,12,14H,3,9,11,13H2,1-2H3,(H2,22,23,24,28);/q;+1/p-1. The van der Waals surface area contributed by atoms with Crippen molar-refractivity contribution in [2.75, 3.05) is 25.2 Å². The summed E-state index contributed by atoms with van der Waals surface area (Å²) in [7, 11) is 1.62. The first-order valence-electron chi connectivity index (χ1n) is 9.84. The van der Waals surface area contributed by atoms with Crippen LogP contribution in [-0.4, -0.2) is 70.6 Å². The minimum absolute atomic E-state index is 0.137. The van der Waals surface area contributed by atoms with E-state index in [1.54, 1.807) is 7.11 Å². The van der Waals surface area contributed by atoms with E-state index >= 15 is 0 Å². The first kappa shape index (κ1) is 20.6. The topological polar surface area (TPSA) is 74.5 Å². The van der Waals surface area contributed by atoms with Crippen molar-refractivity contribution in [3.8, 4) is 5.75 Å². The number of hydrazone groups is 1. The molecule has 0 fully saturated rings. The maximum atomic E-state index is 12.9. The van der Waals surface area contributed by atoms with Crippen molar-refractivity contribution in [2.45, 2.75) is 19.9 Å². The fourth-order valence-corrected chi connectivity index (χ4v) is 4.07. The summed E-state index contributed by atoms with van der Waals surface area (Å²) in [5.41, 5.74) is 4.14. The van der Waals surface area contributed by atoms with E-state index in [2.05, 4.69) is 18.1 Å². The third-order valence-corrected chi connectivity index (χ3v) is 6.57. The van der Waals surface area contributed by atoms with E-state index in [0.29, 0.717) is 24.3 Å². The van der Waals surface area contributed by atoms with E-state index in [1.807, 2.05) is 65.3 Å². The van der Waals surface area contributed by atoms with Crippen molar-refractivity contribution in [3.63, 3.8) is 0 Å². The summed E-state index contributed by atoms with van der Waals surface area (Å²) in [6.07, 6.45) is 4.40. The molecule has 1 aliphatic heterocycles. The normalized spacial score (nSPS) is 13.6. The molecule has 1 N–H and O–H groups in total. The Balaban J connectivity index is 1.46. The van der Waals surface area contributed by atoms with Crippen LogP contribution in [0.3, 0.4) is 0 Å². The molecule has 0 aliphatic carbocycles. The molecule has 2 aromatic heterocycles. The molecule has 1 aromatic carbocycles. The number of benzene rings is 1. The Hall–Kier alpha value is -2.63. The summed E-state index contributed by atoms with van der Waals surface area (Å²) < 4.78 is 9.30. The predicted octanol–water partition coefficient (Wildman–Crippen LogP) is 1.98. The zero-order valence-electron chi connectivity index (χ0n) is 17.1. The van der Waals surface area contributed by atoms with Crippen LogP contribution in [0.1, 0.15) is 28.7 Å². The number of rotatable bonds is 6. The van der Waals surface area contributed by atoms with E-state index < -0.39 is 0 Å². The van der Waals surface area contributed by atoms with Crippen LogP contribution < -0.4 is 15.1 Å². The van der Waals surface area contributed by atoms with Gasteiger partial charge in [0.25, 0.3) is 0 Å². The second-order valence-electron chi connectivity index (χ2n) is 7.00. The summed E-state index contributed by atoms with van der Waals surface area (Å²) >= 11 is 0.787. The molecule has 0 bridgehead atoms. The number of fused-ring (bicyclic) bond motifs is 1. The van der Waals surface area contributed by atoms with Crippen LogP contribution in [0.15, 0.2) is 47.7 Å². The number of imidazole rings is 1. The number of ether oxygens (including phenoxy) is 1. The van der Waals surface area contributed by atoms with Crippen molar-refractivity contribution in [3.05, 3.63) is 59.5 Å². The monoisotopic (exact) mass is 596 g/mol. The fourth-order valence-electron chi connectivity index (χ4n) is 3.39. The van der Waals surface area contributed by atoms with Crippen molar-refractivity contribution >= 4 is 49.6 Å². The van der Waals surface area contributed by atoms with Crippen LogP contribution >= 0.6 is 0 Å². The molecule has 0 radical (unpaired) electrons. The number of pyridine rings is 1. The Bertz CT molecular complexity index is 1080. The van der Waals surface area contributed by atoms with Gasteiger partial charge in [-0.05, 0) is 12.5 Å². The molecule has 0 saturated heterocycles. The molecule has 0 spiro atoms. The number of methoxy groups -OCH3 is 1. The van der Waals surface area contributed by atoms with Crippen molar-refractivity contribution in [1.29, 1.82) is 0 Å². The van der Waals surface area contributed by atoms with E-state index in [-0.39, 0.29) is 5.91 Å². The van der Waals surface area contributed by atoms with Gasteiger partial charge in [-0.1, -0.05) is 6.92 Å². The van der Waals surface area contributed by atoms with E-state index in [1.165, 1.54) is 0 Å². The summed E-state index contributed by atoms with van der Waals surface area (Å²) in [5.74, 6) is 0.580. The molecular weight excluding hydrogens is 573 g/mol. The van der Waals surface area contributed by atoms with Gasteiger partial charge in [0, 0.05) is 12.3 Å². The first-order valence-corrected chi connectivity index (χ1v) is 11.8. The van der Waals surface area contributed by atoms with Crippen LogP contribution in [0.4, 0.5) is 5.69 Å². The molecule has 0 unspecified atom stereocenters. The molecule has 30 heavy (non-hydrogen) atoms. The molecule has 3 heterocycles. The van der Waals surface area contributed by atoms with Gasteiger partial charge >= 0.3 is 122 Å². The Labute approximate surface area is 191 Å². The number of anilines is 1. The number of nitrogens with one attached hydrogen (secondary N) is 1. The number of hydrogen-bond donors (Lipinski definition) is 1. The van der Waals surface area contributed by atoms with Crippen LogP contribution in [0.25, 0.3) is 5.65 Å². The summed E-state index contributed by atoms with van der Waals surface area (Å²) in [4.78, 5) is 17.5. The molecule has 152 valence electrons. The van der Waals surface area contributed by atoms with Gasteiger partial charge in [-0.2, -0.15) is 0 Å². The molecule has 8 nitrogen and oxygen atoms in total. The Morgan fingerprint density at radius 1 is 1.23 bits per heavy atom. The first-order chi connectivity index (χ1) is 14.6. The summed E-state index contributed by atoms with van der Waals surface area (Å²) in [5, 5.41) is 9.49. The van der Waals surface area contributed by atoms with Crippen molar-refractivity contribution < 1.29 is 9.53 Å². The quantitative estimate of drug-likeness (QED) is 0.442. The number of nitrogens with zero attached hydrogens (tertiary/aromatic N) is 5. The van der Waals surface area contributed by atoms with E-state index in [9.17, 15) is 4.79 Å². The van der Waals surface area contributed by atoms with E-state index in [4.69, 9.17) is 4.74 Å². The molecule has 4 rings (SSSR count). The predicted molar refractivity (Wildman–Crippen MR) is 117 cm³/mol. The van der Waals surface area contributed by atoms with Crippen LogP contribution in [0, 0.1) is 0 Å². The number of carbonyl (C=O) groups is 1. The maximum absolute atomic E-state index is 12.9. The average Bonchev–Trinajstić information content (AvgIpc) is 3.16. The summed E-state index contributed by atoms with van der Waals surface area (Å²) in [6, 6.07) is 11.8. The van der Waals surface area contributed by atoms with Crippen molar-refractivity contribution in [1.82, 2.24) is 17.4 Å². The Kier molecular flexibility index (Phi) is 6.21. The molecule has 3 aromatic rings. The SMILES string of the molecule is CCc1nc2cc(OC)ccn2c1C(=O)NCc1ccc(N2CC[N]([Tl])C=N2)cc1. The fraction of sp³-hybridized carbons (Fsp3) is 0.286. The second-order valence-corrected chi connectivity index (χ2v) is 9.57. The molecule has 1 aliphatic rings. The van der Waals surface area contributed by atoms with Crippen LogP contribution in [-0.2, 0) is 13.0 Å². The third-order valence-electron chi connectivity index (χ3n) is 5.05. The molecule has 0 saturated carbocycles. The number of hydrogen-bond acceptors (Lipinski definition) is 6. The van der Waals surface area contributed by atoms with Gasteiger partial charge in [0.05, 0.1) is 12.8 Å². The number of carbonyl (C=O) groups excluding carboxylic acids is 1. The minimum atomic E-state index is -0.137. The molecule has 1 amide bonds. The number of amides is 1. The Morgan fingerprint density at radius 2 is 2.03 bits per heavy atom.